The van der Waals surface area contributed by atoms with Crippen LogP contribution in [0.4, 0.5) is 0 Å². The fourth-order valence-corrected chi connectivity index (χ4v) is 4.24. The number of benzene rings is 2. The molecule has 2 nitrogen and oxygen atoms in total. The van der Waals surface area contributed by atoms with Crippen LogP contribution in [-0.2, 0) is 15.6 Å². The number of hydrogen-bond acceptors (Lipinski definition) is 2. The average Bonchev–Trinajstić information content (AvgIpc) is 3.07. The monoisotopic (exact) mass is 298 g/mol. The van der Waals surface area contributed by atoms with Crippen LogP contribution < -0.4 is 0 Å². The van der Waals surface area contributed by atoms with Crippen LogP contribution in [0.25, 0.3) is 0 Å². The van der Waals surface area contributed by atoms with Crippen LogP contribution in [0.15, 0.2) is 60.7 Å². The summed E-state index contributed by atoms with van der Waals surface area (Å²) in [6.07, 6.45) is 3.46. The minimum atomic E-state index is -0.642. The molecule has 0 N–H and O–H groups in total. The predicted molar refractivity (Wildman–Crippen MR) is 87.9 cm³/mol. The minimum Gasteiger partial charge on any atom is -0.414 e. The summed E-state index contributed by atoms with van der Waals surface area (Å²) in [7, 11) is -0.642. The molecular weight excluding hydrogens is 276 g/mol. The van der Waals surface area contributed by atoms with Gasteiger partial charge in [0.05, 0.1) is 11.8 Å². The van der Waals surface area contributed by atoms with Gasteiger partial charge < -0.3 is 9.16 Å². The second-order valence-electron chi connectivity index (χ2n) is 5.56. The number of rotatable bonds is 6. The Hall–Kier alpha value is -1.42. The van der Waals surface area contributed by atoms with Crippen LogP contribution in [0.1, 0.15) is 30.1 Å². The molecule has 0 aromatic heterocycles. The van der Waals surface area contributed by atoms with Gasteiger partial charge in [-0.15, -0.1) is 0 Å². The SMILES string of the molecule is c1ccc(CC(O[SiH2]C2CCCO2)c2ccccc2)cc1. The highest BCUT2D eigenvalue weighted by atomic mass is 28.2. The van der Waals surface area contributed by atoms with Crippen molar-refractivity contribution < 1.29 is 9.16 Å². The normalized spacial score (nSPS) is 20.1. The van der Waals surface area contributed by atoms with Crippen molar-refractivity contribution in [2.45, 2.75) is 31.1 Å². The third-order valence-electron chi connectivity index (χ3n) is 3.94. The van der Waals surface area contributed by atoms with E-state index in [4.69, 9.17) is 9.16 Å². The average molecular weight is 298 g/mol. The molecule has 1 aliphatic heterocycles. The van der Waals surface area contributed by atoms with Crippen molar-refractivity contribution >= 4 is 9.76 Å². The molecule has 21 heavy (non-hydrogen) atoms. The van der Waals surface area contributed by atoms with E-state index in [0.717, 1.165) is 13.0 Å². The number of hydrogen-bond donors (Lipinski definition) is 0. The van der Waals surface area contributed by atoms with E-state index in [1.165, 1.54) is 24.0 Å². The molecule has 1 fully saturated rings. The zero-order chi connectivity index (χ0) is 14.3. The van der Waals surface area contributed by atoms with Gasteiger partial charge in [0.25, 0.3) is 0 Å². The molecule has 1 saturated heterocycles. The molecule has 110 valence electrons. The van der Waals surface area contributed by atoms with Crippen molar-refractivity contribution in [3.05, 3.63) is 71.8 Å². The molecule has 2 atom stereocenters. The Kier molecular flexibility index (Phi) is 5.22. The summed E-state index contributed by atoms with van der Waals surface area (Å²) in [4.78, 5) is 0. The van der Waals surface area contributed by atoms with Crippen molar-refractivity contribution in [2.75, 3.05) is 6.61 Å². The van der Waals surface area contributed by atoms with Gasteiger partial charge in [-0.05, 0) is 24.0 Å². The van der Waals surface area contributed by atoms with E-state index in [1.807, 2.05) is 0 Å². The van der Waals surface area contributed by atoms with Crippen molar-refractivity contribution in [3.8, 4) is 0 Å². The lowest BCUT2D eigenvalue weighted by Gasteiger charge is -2.21. The summed E-state index contributed by atoms with van der Waals surface area (Å²) in [6.45, 7) is 0.912. The molecule has 0 aliphatic carbocycles. The molecule has 0 spiro atoms. The van der Waals surface area contributed by atoms with Gasteiger partial charge in [-0.1, -0.05) is 60.7 Å². The van der Waals surface area contributed by atoms with E-state index in [0.29, 0.717) is 5.73 Å². The molecule has 0 bridgehead atoms. The number of ether oxygens (including phenoxy) is 1. The second kappa shape index (κ2) is 7.55. The van der Waals surface area contributed by atoms with Gasteiger partial charge in [-0.2, -0.15) is 0 Å². The highest BCUT2D eigenvalue weighted by Gasteiger charge is 2.20. The summed E-state index contributed by atoms with van der Waals surface area (Å²) < 4.78 is 12.1. The molecule has 1 aliphatic rings. The Balaban J connectivity index is 1.68. The Labute approximate surface area is 129 Å². The van der Waals surface area contributed by atoms with Gasteiger partial charge in [0, 0.05) is 13.0 Å². The summed E-state index contributed by atoms with van der Waals surface area (Å²) in [6, 6.07) is 21.1. The quantitative estimate of drug-likeness (QED) is 0.763. The van der Waals surface area contributed by atoms with E-state index in [2.05, 4.69) is 60.7 Å². The first-order valence-corrected chi connectivity index (χ1v) is 9.13. The van der Waals surface area contributed by atoms with Gasteiger partial charge in [0.1, 0.15) is 0 Å². The molecule has 0 saturated carbocycles. The van der Waals surface area contributed by atoms with Crippen molar-refractivity contribution in [1.29, 1.82) is 0 Å². The lowest BCUT2D eigenvalue weighted by Crippen LogP contribution is -2.21. The fourth-order valence-electron chi connectivity index (χ4n) is 2.77. The van der Waals surface area contributed by atoms with E-state index in [9.17, 15) is 0 Å². The molecule has 2 unspecified atom stereocenters. The first kappa shape index (κ1) is 14.5. The van der Waals surface area contributed by atoms with Gasteiger partial charge in [0.2, 0.25) is 0 Å². The Morgan fingerprint density at radius 1 is 1.05 bits per heavy atom. The molecule has 1 heterocycles. The third kappa shape index (κ3) is 4.27. The smallest absolute Gasteiger partial charge is 0.191 e. The summed E-state index contributed by atoms with van der Waals surface area (Å²) >= 11 is 0. The third-order valence-corrected chi connectivity index (χ3v) is 5.55. The van der Waals surface area contributed by atoms with E-state index in [1.54, 1.807) is 0 Å². The van der Waals surface area contributed by atoms with Crippen molar-refractivity contribution in [2.24, 2.45) is 0 Å². The van der Waals surface area contributed by atoms with Crippen LogP contribution >= 0.6 is 0 Å². The Morgan fingerprint density at radius 2 is 1.76 bits per heavy atom. The maximum absolute atomic E-state index is 6.33. The largest absolute Gasteiger partial charge is 0.414 e. The second-order valence-corrected chi connectivity index (χ2v) is 7.13. The minimum absolute atomic E-state index is 0.157. The molecule has 0 amide bonds. The summed E-state index contributed by atoms with van der Waals surface area (Å²) in [5.74, 6) is 0. The molecule has 0 radical (unpaired) electrons. The maximum Gasteiger partial charge on any atom is 0.191 e. The summed E-state index contributed by atoms with van der Waals surface area (Å²) in [5, 5.41) is 0. The first-order valence-electron chi connectivity index (χ1n) is 7.74. The molecular formula is C18H22O2Si. The standard InChI is InChI=1S/C18H22O2Si/c1-3-8-15(9-4-1)14-17(16-10-5-2-6-11-16)20-21-18-12-7-13-19-18/h1-6,8-11,17-18H,7,12-14,21H2. The predicted octanol–water partition coefficient (Wildman–Crippen LogP) is 3.21. The van der Waals surface area contributed by atoms with Crippen molar-refractivity contribution in [3.63, 3.8) is 0 Å². The van der Waals surface area contributed by atoms with Crippen LogP contribution in [0, 0.1) is 0 Å². The van der Waals surface area contributed by atoms with Gasteiger partial charge >= 0.3 is 0 Å². The van der Waals surface area contributed by atoms with Gasteiger partial charge in [-0.3, -0.25) is 0 Å². The highest BCUT2D eigenvalue weighted by molar-refractivity contribution is 6.29. The van der Waals surface area contributed by atoms with Crippen LogP contribution in [0.3, 0.4) is 0 Å². The van der Waals surface area contributed by atoms with Gasteiger partial charge in [-0.25, -0.2) is 0 Å². The fraction of sp³-hybridized carbons (Fsp3) is 0.333. The van der Waals surface area contributed by atoms with E-state index in [-0.39, 0.29) is 6.10 Å². The van der Waals surface area contributed by atoms with E-state index >= 15 is 0 Å². The summed E-state index contributed by atoms with van der Waals surface area (Å²) in [5.41, 5.74) is 3.01. The van der Waals surface area contributed by atoms with Crippen LogP contribution in [0.2, 0.25) is 0 Å². The van der Waals surface area contributed by atoms with Crippen LogP contribution in [-0.4, -0.2) is 22.1 Å². The molecule has 2 aromatic carbocycles. The van der Waals surface area contributed by atoms with Gasteiger partial charge in [0.15, 0.2) is 9.76 Å². The molecule has 3 heteroatoms. The molecule has 2 aromatic rings. The Bertz CT molecular complexity index is 523. The lowest BCUT2D eigenvalue weighted by molar-refractivity contribution is 0.132. The zero-order valence-corrected chi connectivity index (χ0v) is 13.7. The lowest BCUT2D eigenvalue weighted by atomic mass is 10.0. The van der Waals surface area contributed by atoms with Crippen molar-refractivity contribution in [1.82, 2.24) is 0 Å². The van der Waals surface area contributed by atoms with Crippen LogP contribution in [0.5, 0.6) is 0 Å². The highest BCUT2D eigenvalue weighted by Crippen LogP contribution is 2.23. The molecule has 3 rings (SSSR count). The Morgan fingerprint density at radius 3 is 2.43 bits per heavy atom. The first-order chi connectivity index (χ1) is 10.4. The zero-order valence-electron chi connectivity index (χ0n) is 12.3. The van der Waals surface area contributed by atoms with E-state index < -0.39 is 9.76 Å². The topological polar surface area (TPSA) is 18.5 Å². The maximum atomic E-state index is 6.33.